The van der Waals surface area contributed by atoms with Crippen LogP contribution in [0.15, 0.2) is 18.3 Å². The van der Waals surface area contributed by atoms with E-state index in [9.17, 15) is 18.0 Å². The monoisotopic (exact) mass is 299 g/mol. The Kier molecular flexibility index (Phi) is 3.73. The number of nitrogens with zero attached hydrogens (tertiary/aromatic N) is 2. The number of anilines is 1. The lowest BCUT2D eigenvalue weighted by Gasteiger charge is -2.15. The summed E-state index contributed by atoms with van der Waals surface area (Å²) in [5, 5.41) is 13.7. The lowest BCUT2D eigenvalue weighted by atomic mass is 10.1. The molecule has 0 bridgehead atoms. The molecule has 0 saturated carbocycles. The van der Waals surface area contributed by atoms with Crippen LogP contribution in [0.2, 0.25) is 0 Å². The van der Waals surface area contributed by atoms with Crippen molar-refractivity contribution in [1.29, 1.82) is 0 Å². The van der Waals surface area contributed by atoms with Gasteiger partial charge in [0.2, 0.25) is 15.9 Å². The van der Waals surface area contributed by atoms with Gasteiger partial charge in [-0.15, -0.1) is 0 Å². The van der Waals surface area contributed by atoms with Crippen molar-refractivity contribution in [3.05, 3.63) is 23.9 Å². The number of aromatic nitrogens is 1. The number of pyridine rings is 1. The summed E-state index contributed by atoms with van der Waals surface area (Å²) >= 11 is 0. The standard InChI is InChI=1S/C11H13N3O5S/c12-20(18,19)6-7-3-10(15)14(5-7)9-2-1-8(4-13-9)11(16)17/h1-2,4,7H,3,5-6H2,(H,16,17)(H2,12,18,19). The molecule has 108 valence electrons. The highest BCUT2D eigenvalue weighted by atomic mass is 32.2. The van der Waals surface area contributed by atoms with E-state index in [4.69, 9.17) is 10.2 Å². The van der Waals surface area contributed by atoms with Crippen molar-refractivity contribution in [2.75, 3.05) is 17.2 Å². The number of aromatic carboxylic acids is 1. The van der Waals surface area contributed by atoms with E-state index in [1.54, 1.807) is 0 Å². The van der Waals surface area contributed by atoms with Crippen LogP contribution in [0.1, 0.15) is 16.8 Å². The number of carboxylic acids is 1. The first-order valence-corrected chi connectivity index (χ1v) is 7.48. The van der Waals surface area contributed by atoms with E-state index in [0.717, 1.165) is 6.20 Å². The first-order chi connectivity index (χ1) is 9.26. The topological polar surface area (TPSA) is 131 Å². The van der Waals surface area contributed by atoms with Crippen molar-refractivity contribution in [2.24, 2.45) is 11.1 Å². The fourth-order valence-corrected chi connectivity index (χ4v) is 3.00. The molecule has 3 N–H and O–H groups in total. The van der Waals surface area contributed by atoms with E-state index in [0.29, 0.717) is 5.82 Å². The van der Waals surface area contributed by atoms with E-state index in [1.165, 1.54) is 17.0 Å². The van der Waals surface area contributed by atoms with Crippen LogP contribution < -0.4 is 10.0 Å². The maximum Gasteiger partial charge on any atom is 0.337 e. The minimum Gasteiger partial charge on any atom is -0.478 e. The maximum absolute atomic E-state index is 11.8. The van der Waals surface area contributed by atoms with E-state index in [-0.39, 0.29) is 36.1 Å². The number of nitrogens with two attached hydrogens (primary N) is 1. The average molecular weight is 299 g/mol. The lowest BCUT2D eigenvalue weighted by molar-refractivity contribution is -0.117. The first kappa shape index (κ1) is 14.4. The van der Waals surface area contributed by atoms with Crippen LogP contribution in [-0.4, -0.2) is 42.7 Å². The molecule has 1 aromatic heterocycles. The molecule has 1 saturated heterocycles. The molecule has 9 heteroatoms. The quantitative estimate of drug-likeness (QED) is 0.765. The van der Waals surface area contributed by atoms with E-state index in [1.807, 2.05) is 0 Å². The van der Waals surface area contributed by atoms with Gasteiger partial charge in [-0.2, -0.15) is 0 Å². The Balaban J connectivity index is 2.13. The Morgan fingerprint density at radius 3 is 2.70 bits per heavy atom. The van der Waals surface area contributed by atoms with Crippen LogP contribution in [0.25, 0.3) is 0 Å². The van der Waals surface area contributed by atoms with E-state index in [2.05, 4.69) is 4.98 Å². The summed E-state index contributed by atoms with van der Waals surface area (Å²) in [5.74, 6) is -1.70. The number of carbonyl (C=O) groups excluding carboxylic acids is 1. The van der Waals surface area contributed by atoms with Crippen molar-refractivity contribution in [3.63, 3.8) is 0 Å². The lowest BCUT2D eigenvalue weighted by Crippen LogP contribution is -2.28. The highest BCUT2D eigenvalue weighted by Crippen LogP contribution is 2.24. The largest absolute Gasteiger partial charge is 0.478 e. The van der Waals surface area contributed by atoms with Crippen LogP contribution in [0.4, 0.5) is 5.82 Å². The molecule has 1 aliphatic heterocycles. The normalized spacial score (nSPS) is 19.4. The second-order valence-electron chi connectivity index (χ2n) is 4.61. The predicted molar refractivity (Wildman–Crippen MR) is 69.6 cm³/mol. The molecule has 0 aliphatic carbocycles. The van der Waals surface area contributed by atoms with Gasteiger partial charge in [-0.25, -0.2) is 23.3 Å². The summed E-state index contributed by atoms with van der Waals surface area (Å²) in [6, 6.07) is 2.76. The molecule has 1 fully saturated rings. The third kappa shape index (κ3) is 3.31. The molecule has 8 nitrogen and oxygen atoms in total. The van der Waals surface area contributed by atoms with Gasteiger partial charge in [-0.05, 0) is 12.1 Å². The van der Waals surface area contributed by atoms with Crippen molar-refractivity contribution in [3.8, 4) is 0 Å². The number of carboxylic acid groups (broad SMARTS) is 1. The van der Waals surface area contributed by atoms with Gasteiger partial charge in [0.05, 0.1) is 11.3 Å². The smallest absolute Gasteiger partial charge is 0.337 e. The van der Waals surface area contributed by atoms with Crippen molar-refractivity contribution >= 4 is 27.7 Å². The molecule has 0 spiro atoms. The zero-order chi connectivity index (χ0) is 14.9. The SMILES string of the molecule is NS(=O)(=O)CC1CC(=O)N(c2ccc(C(=O)O)cn2)C1. The number of hydrogen-bond acceptors (Lipinski definition) is 5. The Hall–Kier alpha value is -2.00. The molecule has 2 heterocycles. The minimum absolute atomic E-state index is 0.0153. The molecular formula is C11H13N3O5S. The minimum atomic E-state index is -3.63. The first-order valence-electron chi connectivity index (χ1n) is 5.76. The van der Waals surface area contributed by atoms with Crippen molar-refractivity contribution in [1.82, 2.24) is 4.98 Å². The second kappa shape index (κ2) is 5.17. The highest BCUT2D eigenvalue weighted by molar-refractivity contribution is 7.89. The molecule has 0 radical (unpaired) electrons. The van der Waals surface area contributed by atoms with Gasteiger partial charge in [0.25, 0.3) is 0 Å². The summed E-state index contributed by atoms with van der Waals surface area (Å²) in [6.45, 7) is 0.203. The number of hydrogen-bond donors (Lipinski definition) is 2. The van der Waals surface area contributed by atoms with Crippen LogP contribution in [-0.2, 0) is 14.8 Å². The summed E-state index contributed by atoms with van der Waals surface area (Å²) in [4.78, 5) is 27.8. The number of primary sulfonamides is 1. The molecule has 0 aromatic carbocycles. The fourth-order valence-electron chi connectivity index (χ4n) is 2.12. The predicted octanol–water partition coefficient (Wildman–Crippen LogP) is -0.579. The molecule has 1 unspecified atom stereocenters. The van der Waals surface area contributed by atoms with Crippen molar-refractivity contribution in [2.45, 2.75) is 6.42 Å². The summed E-state index contributed by atoms with van der Waals surface area (Å²) in [5.41, 5.74) is 0.0153. The molecule has 20 heavy (non-hydrogen) atoms. The van der Waals surface area contributed by atoms with Crippen molar-refractivity contribution < 1.29 is 23.1 Å². The van der Waals surface area contributed by atoms with Gasteiger partial charge in [-0.3, -0.25) is 9.69 Å². The summed E-state index contributed by atoms with van der Waals surface area (Å²) < 4.78 is 22.0. The van der Waals surface area contributed by atoms with Gasteiger partial charge in [0.1, 0.15) is 5.82 Å². The fraction of sp³-hybridized carbons (Fsp3) is 0.364. The van der Waals surface area contributed by atoms with Gasteiger partial charge in [0, 0.05) is 25.1 Å². The Labute approximate surface area is 115 Å². The number of sulfonamides is 1. The van der Waals surface area contributed by atoms with Gasteiger partial charge >= 0.3 is 5.97 Å². The molecule has 1 aromatic rings. The van der Waals surface area contributed by atoms with Crippen LogP contribution in [0.5, 0.6) is 0 Å². The average Bonchev–Trinajstić information content (AvgIpc) is 2.67. The van der Waals surface area contributed by atoms with Gasteiger partial charge in [-0.1, -0.05) is 0 Å². The molecule has 2 rings (SSSR count). The third-order valence-corrected chi connectivity index (χ3v) is 3.88. The van der Waals surface area contributed by atoms with E-state index >= 15 is 0 Å². The maximum atomic E-state index is 11.8. The Morgan fingerprint density at radius 2 is 2.20 bits per heavy atom. The van der Waals surface area contributed by atoms with Crippen LogP contribution in [0, 0.1) is 5.92 Å². The molecular weight excluding hydrogens is 286 g/mol. The number of amides is 1. The summed E-state index contributed by atoms with van der Waals surface area (Å²) in [7, 11) is -3.63. The summed E-state index contributed by atoms with van der Waals surface area (Å²) in [6.07, 6.45) is 1.23. The third-order valence-electron chi connectivity index (χ3n) is 2.94. The molecule has 1 atom stereocenters. The van der Waals surface area contributed by atoms with E-state index < -0.39 is 16.0 Å². The van der Waals surface area contributed by atoms with Crippen LogP contribution >= 0.6 is 0 Å². The number of rotatable bonds is 4. The van der Waals surface area contributed by atoms with Gasteiger partial charge < -0.3 is 5.11 Å². The molecule has 1 aliphatic rings. The van der Waals surface area contributed by atoms with Gasteiger partial charge in [0.15, 0.2) is 0 Å². The zero-order valence-electron chi connectivity index (χ0n) is 10.4. The molecule has 1 amide bonds. The second-order valence-corrected chi connectivity index (χ2v) is 6.27. The number of carbonyl (C=O) groups is 2. The van der Waals surface area contributed by atoms with Crippen LogP contribution in [0.3, 0.4) is 0 Å². The Morgan fingerprint density at radius 1 is 1.50 bits per heavy atom. The highest BCUT2D eigenvalue weighted by Gasteiger charge is 2.33. The Bertz CT molecular complexity index is 641. The zero-order valence-corrected chi connectivity index (χ0v) is 11.2.